The van der Waals surface area contributed by atoms with Crippen molar-refractivity contribution in [1.82, 2.24) is 25.4 Å². The summed E-state index contributed by atoms with van der Waals surface area (Å²) in [5.74, 6) is 0.764. The number of aromatic nitrogens is 1. The topological polar surface area (TPSA) is 72.9 Å². The third-order valence-electron chi connectivity index (χ3n) is 4.21. The van der Waals surface area contributed by atoms with Crippen molar-refractivity contribution in [2.45, 2.75) is 26.9 Å². The number of guanidine groups is 1. The predicted octanol–water partition coefficient (Wildman–Crippen LogP) is 2.96. The Balaban J connectivity index is 0.00000450. The van der Waals surface area contributed by atoms with E-state index in [-0.39, 0.29) is 29.9 Å². The van der Waals surface area contributed by atoms with Gasteiger partial charge in [-0.3, -0.25) is 4.79 Å². The highest BCUT2D eigenvalue weighted by Crippen LogP contribution is 2.11. The Morgan fingerprint density at radius 2 is 2.00 bits per heavy atom. The van der Waals surface area contributed by atoms with Gasteiger partial charge in [0.05, 0.1) is 23.8 Å². The molecule has 0 fully saturated rings. The number of rotatable bonds is 9. The van der Waals surface area contributed by atoms with E-state index in [1.165, 1.54) is 0 Å². The largest absolute Gasteiger partial charge is 0.357 e. The number of hydrogen-bond acceptors (Lipinski definition) is 5. The SMILES string of the molecule is CCNC(=NCc1cccc(C(=O)NCCN(C)C)c1)N(C)Cc1csc(C)n1.I. The highest BCUT2D eigenvalue weighted by molar-refractivity contribution is 14.0. The fourth-order valence-electron chi connectivity index (χ4n) is 2.74. The van der Waals surface area contributed by atoms with E-state index in [2.05, 4.69) is 32.8 Å². The molecular weight excluding hydrogens is 511 g/mol. The van der Waals surface area contributed by atoms with Gasteiger partial charge in [0, 0.05) is 37.6 Å². The highest BCUT2D eigenvalue weighted by Gasteiger charge is 2.10. The number of aliphatic imine (C=N–C) groups is 1. The number of aryl methyl sites for hydroxylation is 1. The Kier molecular flexibility index (Phi) is 11.9. The van der Waals surface area contributed by atoms with Gasteiger partial charge in [0.25, 0.3) is 5.91 Å². The third-order valence-corrected chi connectivity index (χ3v) is 5.03. The minimum atomic E-state index is -0.0550. The van der Waals surface area contributed by atoms with E-state index in [4.69, 9.17) is 4.99 Å². The van der Waals surface area contributed by atoms with Gasteiger partial charge in [-0.2, -0.15) is 0 Å². The van der Waals surface area contributed by atoms with E-state index in [1.807, 2.05) is 57.2 Å². The Bertz CT molecular complexity index is 823. The fourth-order valence-corrected chi connectivity index (χ4v) is 3.34. The van der Waals surface area contributed by atoms with Crippen molar-refractivity contribution in [3.63, 3.8) is 0 Å². The Hall–Kier alpha value is -1.72. The summed E-state index contributed by atoms with van der Waals surface area (Å²) in [7, 11) is 5.98. The summed E-state index contributed by atoms with van der Waals surface area (Å²) < 4.78 is 0. The number of likely N-dealkylation sites (N-methyl/N-ethyl adjacent to an activating group) is 1. The van der Waals surface area contributed by atoms with E-state index >= 15 is 0 Å². The molecule has 2 rings (SSSR count). The standard InChI is InChI=1S/C21H32N6OS.HI/c1-6-22-21(27(5)14-19-15-29-16(2)25-19)24-13-17-8-7-9-18(12-17)20(28)23-10-11-26(3)4;/h7-9,12,15H,6,10-11,13-14H2,1-5H3,(H,22,24)(H,23,28);1H. The first kappa shape index (κ1) is 26.3. The van der Waals surface area contributed by atoms with E-state index in [1.54, 1.807) is 11.3 Å². The Labute approximate surface area is 201 Å². The number of benzene rings is 1. The van der Waals surface area contributed by atoms with Gasteiger partial charge >= 0.3 is 0 Å². The van der Waals surface area contributed by atoms with Gasteiger partial charge in [0.1, 0.15) is 0 Å². The lowest BCUT2D eigenvalue weighted by Crippen LogP contribution is -2.38. The van der Waals surface area contributed by atoms with Crippen LogP contribution in [0.25, 0.3) is 0 Å². The van der Waals surface area contributed by atoms with Gasteiger partial charge in [-0.1, -0.05) is 12.1 Å². The molecule has 0 radical (unpaired) electrons. The first-order valence-electron chi connectivity index (χ1n) is 9.81. The summed E-state index contributed by atoms with van der Waals surface area (Å²) in [6.07, 6.45) is 0. The van der Waals surface area contributed by atoms with Crippen molar-refractivity contribution in [1.29, 1.82) is 0 Å². The van der Waals surface area contributed by atoms with Crippen molar-refractivity contribution in [3.8, 4) is 0 Å². The average Bonchev–Trinajstić information content (AvgIpc) is 3.09. The monoisotopic (exact) mass is 544 g/mol. The van der Waals surface area contributed by atoms with Crippen LogP contribution in [0, 0.1) is 6.92 Å². The summed E-state index contributed by atoms with van der Waals surface area (Å²) in [6.45, 7) is 7.48. The maximum Gasteiger partial charge on any atom is 0.251 e. The van der Waals surface area contributed by atoms with Crippen LogP contribution < -0.4 is 10.6 Å². The van der Waals surface area contributed by atoms with Crippen molar-refractivity contribution >= 4 is 47.2 Å². The molecule has 0 aliphatic carbocycles. The molecule has 0 bridgehead atoms. The first-order chi connectivity index (χ1) is 13.9. The lowest BCUT2D eigenvalue weighted by Gasteiger charge is -2.21. The van der Waals surface area contributed by atoms with E-state index in [0.717, 1.165) is 35.3 Å². The molecule has 2 aromatic rings. The summed E-state index contributed by atoms with van der Waals surface area (Å²) in [5.41, 5.74) is 2.70. The molecule has 0 atom stereocenters. The second kappa shape index (κ2) is 13.6. The highest BCUT2D eigenvalue weighted by atomic mass is 127. The molecule has 1 aromatic carbocycles. The van der Waals surface area contributed by atoms with Crippen molar-refractivity contribution in [3.05, 3.63) is 51.5 Å². The normalized spacial score (nSPS) is 11.2. The molecule has 0 aliphatic rings. The summed E-state index contributed by atoms with van der Waals surface area (Å²) >= 11 is 1.65. The van der Waals surface area contributed by atoms with Crippen LogP contribution in [0.5, 0.6) is 0 Å². The zero-order chi connectivity index (χ0) is 21.2. The zero-order valence-electron chi connectivity index (χ0n) is 18.4. The minimum Gasteiger partial charge on any atom is -0.357 e. The summed E-state index contributed by atoms with van der Waals surface area (Å²) in [5, 5.41) is 9.41. The predicted molar refractivity (Wildman–Crippen MR) is 136 cm³/mol. The van der Waals surface area contributed by atoms with Gasteiger partial charge in [-0.25, -0.2) is 9.98 Å². The number of carbonyl (C=O) groups is 1. The Morgan fingerprint density at radius 3 is 2.63 bits per heavy atom. The van der Waals surface area contributed by atoms with Crippen LogP contribution in [0.15, 0.2) is 34.6 Å². The fraction of sp³-hybridized carbons (Fsp3) is 0.476. The van der Waals surface area contributed by atoms with Crippen LogP contribution in [0.2, 0.25) is 0 Å². The van der Waals surface area contributed by atoms with Crippen LogP contribution in [-0.2, 0) is 13.1 Å². The second-order valence-corrected chi connectivity index (χ2v) is 8.21. The van der Waals surface area contributed by atoms with E-state index < -0.39 is 0 Å². The molecule has 0 saturated heterocycles. The molecule has 0 saturated carbocycles. The molecule has 0 aliphatic heterocycles. The first-order valence-corrected chi connectivity index (χ1v) is 10.7. The van der Waals surface area contributed by atoms with Crippen LogP contribution >= 0.6 is 35.3 Å². The molecule has 0 unspecified atom stereocenters. The third kappa shape index (κ3) is 8.97. The second-order valence-electron chi connectivity index (χ2n) is 7.14. The number of hydrogen-bond donors (Lipinski definition) is 2. The van der Waals surface area contributed by atoms with Crippen molar-refractivity contribution in [2.24, 2.45) is 4.99 Å². The molecule has 166 valence electrons. The van der Waals surface area contributed by atoms with Gasteiger partial charge in [0.2, 0.25) is 0 Å². The van der Waals surface area contributed by atoms with Crippen LogP contribution in [0.3, 0.4) is 0 Å². The minimum absolute atomic E-state index is 0. The molecule has 30 heavy (non-hydrogen) atoms. The molecule has 2 N–H and O–H groups in total. The molecular formula is C21H33IN6OS. The van der Waals surface area contributed by atoms with Crippen LogP contribution in [-0.4, -0.2) is 67.4 Å². The molecule has 1 aromatic heterocycles. The molecule has 9 heteroatoms. The van der Waals surface area contributed by atoms with Crippen LogP contribution in [0.4, 0.5) is 0 Å². The number of carbonyl (C=O) groups excluding carboxylic acids is 1. The number of halogens is 1. The zero-order valence-corrected chi connectivity index (χ0v) is 21.6. The average molecular weight is 545 g/mol. The molecule has 1 heterocycles. The smallest absolute Gasteiger partial charge is 0.251 e. The molecule has 0 spiro atoms. The van der Waals surface area contributed by atoms with Crippen molar-refractivity contribution in [2.75, 3.05) is 40.8 Å². The lowest BCUT2D eigenvalue weighted by atomic mass is 10.1. The quantitative estimate of drug-likeness (QED) is 0.289. The van der Waals surface area contributed by atoms with E-state index in [0.29, 0.717) is 25.2 Å². The number of nitrogens with zero attached hydrogens (tertiary/aromatic N) is 4. The van der Waals surface area contributed by atoms with Gasteiger partial charge in [-0.15, -0.1) is 35.3 Å². The van der Waals surface area contributed by atoms with Gasteiger partial charge in [0.15, 0.2) is 5.96 Å². The van der Waals surface area contributed by atoms with Crippen LogP contribution in [0.1, 0.15) is 33.5 Å². The van der Waals surface area contributed by atoms with Gasteiger partial charge in [-0.05, 0) is 45.6 Å². The number of thiazole rings is 1. The maximum absolute atomic E-state index is 12.3. The van der Waals surface area contributed by atoms with Crippen molar-refractivity contribution < 1.29 is 4.79 Å². The van der Waals surface area contributed by atoms with Gasteiger partial charge < -0.3 is 20.4 Å². The number of amides is 1. The summed E-state index contributed by atoms with van der Waals surface area (Å²) in [6, 6.07) is 7.63. The Morgan fingerprint density at radius 1 is 1.23 bits per heavy atom. The van der Waals surface area contributed by atoms with E-state index in [9.17, 15) is 4.79 Å². The number of nitrogens with one attached hydrogen (secondary N) is 2. The maximum atomic E-state index is 12.3. The summed E-state index contributed by atoms with van der Waals surface area (Å²) in [4.78, 5) is 25.7. The lowest BCUT2D eigenvalue weighted by molar-refractivity contribution is 0.0951. The molecule has 7 nitrogen and oxygen atoms in total. The molecule has 1 amide bonds.